The van der Waals surface area contributed by atoms with Gasteiger partial charge in [0.25, 0.3) is 0 Å². The summed E-state index contributed by atoms with van der Waals surface area (Å²) in [6, 6.07) is 9.93. The number of nitrogens with zero attached hydrogens (tertiary/aromatic N) is 3. The van der Waals surface area contributed by atoms with Crippen molar-refractivity contribution in [3.63, 3.8) is 0 Å². The summed E-state index contributed by atoms with van der Waals surface area (Å²) in [6.45, 7) is 4.81. The van der Waals surface area contributed by atoms with E-state index in [1.807, 2.05) is 18.7 Å². The molecule has 2 aromatic rings. The molecule has 1 aliphatic heterocycles. The number of rotatable bonds is 8. The quantitative estimate of drug-likeness (QED) is 0.573. The molecule has 0 aliphatic carbocycles. The van der Waals surface area contributed by atoms with Crippen molar-refractivity contribution in [2.75, 3.05) is 37.7 Å². The number of aliphatic carboxylic acids is 1. The van der Waals surface area contributed by atoms with Crippen molar-refractivity contribution in [3.8, 4) is 11.6 Å². The Bertz CT molecular complexity index is 1020. The van der Waals surface area contributed by atoms with Gasteiger partial charge in [0, 0.05) is 26.2 Å². The molecule has 1 aromatic carbocycles. The average Bonchev–Trinajstić information content (AvgIpc) is 2.73. The van der Waals surface area contributed by atoms with Gasteiger partial charge in [-0.3, -0.25) is 0 Å². The number of piperazine rings is 1. The summed E-state index contributed by atoms with van der Waals surface area (Å²) in [6.07, 6.45) is 0.0118. The number of pyridine rings is 1. The molecule has 3 rings (SSSR count). The second-order valence-electron chi connectivity index (χ2n) is 7.17. The molecule has 0 spiro atoms. The van der Waals surface area contributed by atoms with E-state index in [4.69, 9.17) is 14.6 Å². The molecule has 1 fully saturated rings. The lowest BCUT2D eigenvalue weighted by Gasteiger charge is -2.34. The number of ether oxygens (including phenoxy) is 2. The lowest BCUT2D eigenvalue weighted by molar-refractivity contribution is -0.139. The molecule has 0 radical (unpaired) electrons. The van der Waals surface area contributed by atoms with Gasteiger partial charge in [-0.05, 0) is 66.2 Å². The van der Waals surface area contributed by atoms with Crippen molar-refractivity contribution >= 4 is 37.7 Å². The number of halogens is 1. The van der Waals surface area contributed by atoms with Gasteiger partial charge >= 0.3 is 5.97 Å². The SMILES string of the molecule is CC(C)Oc1ccc(S(=O)(=O)N2CCN(c3ccc(Br)c(OCC(=O)O)n3)CC2)cc1. The molecule has 1 aromatic heterocycles. The molecular weight excluding hydrogens is 490 g/mol. The minimum Gasteiger partial charge on any atom is -0.491 e. The molecule has 168 valence electrons. The van der Waals surface area contributed by atoms with Gasteiger partial charge in [-0.2, -0.15) is 9.29 Å². The van der Waals surface area contributed by atoms with Gasteiger partial charge in [0.1, 0.15) is 11.6 Å². The molecule has 0 unspecified atom stereocenters. The number of sulfonamides is 1. The van der Waals surface area contributed by atoms with E-state index in [9.17, 15) is 13.2 Å². The molecule has 2 heterocycles. The van der Waals surface area contributed by atoms with E-state index in [0.717, 1.165) is 0 Å². The van der Waals surface area contributed by atoms with Gasteiger partial charge in [0.2, 0.25) is 15.9 Å². The third kappa shape index (κ3) is 5.86. The van der Waals surface area contributed by atoms with E-state index >= 15 is 0 Å². The third-order valence-corrected chi connectivity index (χ3v) is 7.04. The van der Waals surface area contributed by atoms with Crippen molar-refractivity contribution < 1.29 is 27.8 Å². The number of aromatic nitrogens is 1. The van der Waals surface area contributed by atoms with Crippen molar-refractivity contribution in [1.29, 1.82) is 0 Å². The van der Waals surface area contributed by atoms with Gasteiger partial charge in [-0.25, -0.2) is 13.2 Å². The van der Waals surface area contributed by atoms with E-state index in [1.165, 1.54) is 4.31 Å². The van der Waals surface area contributed by atoms with Crippen LogP contribution in [0.1, 0.15) is 13.8 Å². The Morgan fingerprint density at radius 1 is 1.13 bits per heavy atom. The topological polar surface area (TPSA) is 109 Å². The van der Waals surface area contributed by atoms with E-state index in [-0.39, 0.29) is 16.9 Å². The Hall–Kier alpha value is -2.37. The molecule has 0 atom stereocenters. The Balaban J connectivity index is 1.66. The van der Waals surface area contributed by atoms with Crippen LogP contribution in [0.2, 0.25) is 0 Å². The van der Waals surface area contributed by atoms with Crippen LogP contribution in [0.5, 0.6) is 11.6 Å². The van der Waals surface area contributed by atoms with Crippen LogP contribution in [0.4, 0.5) is 5.82 Å². The summed E-state index contributed by atoms with van der Waals surface area (Å²) < 4.78 is 38.7. The van der Waals surface area contributed by atoms with Crippen LogP contribution in [0.15, 0.2) is 45.8 Å². The lowest BCUT2D eigenvalue weighted by Crippen LogP contribution is -2.48. The zero-order chi connectivity index (χ0) is 22.6. The summed E-state index contributed by atoms with van der Waals surface area (Å²) in [5.41, 5.74) is 0. The van der Waals surface area contributed by atoms with Crippen LogP contribution in [-0.4, -0.2) is 67.7 Å². The second-order valence-corrected chi connectivity index (χ2v) is 9.96. The maximum atomic E-state index is 13.0. The van der Waals surface area contributed by atoms with Crippen LogP contribution in [0.25, 0.3) is 0 Å². The van der Waals surface area contributed by atoms with Crippen molar-refractivity contribution in [3.05, 3.63) is 40.9 Å². The molecule has 0 saturated carbocycles. The third-order valence-electron chi connectivity index (χ3n) is 4.53. The minimum absolute atomic E-state index is 0.0118. The standard InChI is InChI=1S/C20H24BrN3O6S/c1-14(2)30-15-3-5-16(6-4-15)31(27,28)24-11-9-23(10-12-24)18-8-7-17(21)20(22-18)29-13-19(25)26/h3-8,14H,9-13H2,1-2H3,(H,25,26). The van der Waals surface area contributed by atoms with Gasteiger partial charge in [-0.15, -0.1) is 0 Å². The van der Waals surface area contributed by atoms with Gasteiger partial charge < -0.3 is 19.5 Å². The number of carboxylic acids is 1. The van der Waals surface area contributed by atoms with Crippen molar-refractivity contribution in [2.24, 2.45) is 0 Å². The van der Waals surface area contributed by atoms with E-state index in [1.54, 1.807) is 36.4 Å². The smallest absolute Gasteiger partial charge is 0.341 e. The maximum absolute atomic E-state index is 13.0. The first-order valence-electron chi connectivity index (χ1n) is 9.70. The van der Waals surface area contributed by atoms with E-state index in [2.05, 4.69) is 20.9 Å². The highest BCUT2D eigenvalue weighted by Gasteiger charge is 2.29. The Kier molecular flexibility index (Phi) is 7.39. The van der Waals surface area contributed by atoms with Crippen LogP contribution in [0.3, 0.4) is 0 Å². The van der Waals surface area contributed by atoms with Crippen molar-refractivity contribution in [1.82, 2.24) is 9.29 Å². The van der Waals surface area contributed by atoms with Gasteiger partial charge in [-0.1, -0.05) is 0 Å². The zero-order valence-electron chi connectivity index (χ0n) is 17.2. The van der Waals surface area contributed by atoms with E-state index < -0.39 is 22.6 Å². The van der Waals surface area contributed by atoms with E-state index in [0.29, 0.717) is 42.2 Å². The normalized spacial score (nSPS) is 15.2. The first-order valence-corrected chi connectivity index (χ1v) is 11.9. The summed E-state index contributed by atoms with van der Waals surface area (Å²) in [7, 11) is -3.61. The van der Waals surface area contributed by atoms with Gasteiger partial charge in [0.05, 0.1) is 15.5 Å². The molecule has 31 heavy (non-hydrogen) atoms. The van der Waals surface area contributed by atoms with Crippen LogP contribution in [0, 0.1) is 0 Å². The minimum atomic E-state index is -3.61. The molecule has 11 heteroatoms. The fraction of sp³-hybridized carbons (Fsp3) is 0.400. The zero-order valence-corrected chi connectivity index (χ0v) is 19.6. The predicted octanol–water partition coefficient (Wildman–Crippen LogP) is 2.61. The van der Waals surface area contributed by atoms with Gasteiger partial charge in [0.15, 0.2) is 6.61 Å². The average molecular weight is 514 g/mol. The molecule has 9 nitrogen and oxygen atoms in total. The summed E-state index contributed by atoms with van der Waals surface area (Å²) in [5, 5.41) is 8.79. The number of hydrogen-bond donors (Lipinski definition) is 1. The number of anilines is 1. The summed E-state index contributed by atoms with van der Waals surface area (Å²) in [4.78, 5) is 17.3. The first kappa shape index (κ1) is 23.3. The first-order chi connectivity index (χ1) is 14.7. The number of carbonyl (C=O) groups is 1. The number of benzene rings is 1. The predicted molar refractivity (Wildman–Crippen MR) is 118 cm³/mol. The fourth-order valence-corrected chi connectivity index (χ4v) is 4.85. The van der Waals surface area contributed by atoms with Crippen LogP contribution >= 0.6 is 15.9 Å². The highest BCUT2D eigenvalue weighted by Crippen LogP contribution is 2.27. The summed E-state index contributed by atoms with van der Waals surface area (Å²) in [5.74, 6) is 0.303. The molecule has 0 amide bonds. The fourth-order valence-electron chi connectivity index (χ4n) is 3.09. The summed E-state index contributed by atoms with van der Waals surface area (Å²) >= 11 is 3.29. The molecule has 1 saturated heterocycles. The Morgan fingerprint density at radius 2 is 1.77 bits per heavy atom. The van der Waals surface area contributed by atoms with Crippen LogP contribution < -0.4 is 14.4 Å². The van der Waals surface area contributed by atoms with Crippen LogP contribution in [-0.2, 0) is 14.8 Å². The largest absolute Gasteiger partial charge is 0.491 e. The monoisotopic (exact) mass is 513 g/mol. The second kappa shape index (κ2) is 9.84. The molecule has 1 aliphatic rings. The highest BCUT2D eigenvalue weighted by molar-refractivity contribution is 9.10. The molecule has 1 N–H and O–H groups in total. The highest BCUT2D eigenvalue weighted by atomic mass is 79.9. The molecule has 0 bridgehead atoms. The Labute approximate surface area is 189 Å². The Morgan fingerprint density at radius 3 is 2.35 bits per heavy atom. The maximum Gasteiger partial charge on any atom is 0.341 e. The van der Waals surface area contributed by atoms with Crippen molar-refractivity contribution in [2.45, 2.75) is 24.8 Å². The lowest BCUT2D eigenvalue weighted by atomic mass is 10.3. The number of hydrogen-bond acceptors (Lipinski definition) is 7. The molecular formula is C20H24BrN3O6S. The number of carboxylic acid groups (broad SMARTS) is 1.